The van der Waals surface area contributed by atoms with Gasteiger partial charge in [-0.05, 0) is 54.1 Å². The summed E-state index contributed by atoms with van der Waals surface area (Å²) in [5, 5.41) is 3.74. The second-order valence-corrected chi connectivity index (χ2v) is 7.61. The third-order valence-corrected chi connectivity index (χ3v) is 5.31. The lowest BCUT2D eigenvalue weighted by Gasteiger charge is -2.13. The number of ether oxygens (including phenoxy) is 3. The van der Waals surface area contributed by atoms with Crippen LogP contribution in [0.2, 0.25) is 10.0 Å². The number of benzene rings is 3. The summed E-state index contributed by atoms with van der Waals surface area (Å²) in [6.45, 7) is 0.178. The Balaban J connectivity index is 1.66. The predicted molar refractivity (Wildman–Crippen MR) is 129 cm³/mol. The molecule has 0 aliphatic carbocycles. The summed E-state index contributed by atoms with van der Waals surface area (Å²) in [6, 6.07) is 17.0. The molecule has 0 radical (unpaired) electrons. The predicted octanol–water partition coefficient (Wildman–Crippen LogP) is 6.02. The molecule has 0 saturated heterocycles. The van der Waals surface area contributed by atoms with Gasteiger partial charge in [-0.1, -0.05) is 41.4 Å². The van der Waals surface area contributed by atoms with Gasteiger partial charge in [-0.15, -0.1) is 0 Å². The number of anilines is 1. The van der Waals surface area contributed by atoms with Crippen molar-refractivity contribution in [2.24, 2.45) is 0 Å². The molecule has 0 atom stereocenters. The summed E-state index contributed by atoms with van der Waals surface area (Å²) in [6.07, 6.45) is 3.01. The zero-order chi connectivity index (χ0) is 23.8. The van der Waals surface area contributed by atoms with Crippen LogP contribution in [0.5, 0.6) is 11.5 Å². The van der Waals surface area contributed by atoms with E-state index in [0.29, 0.717) is 38.4 Å². The van der Waals surface area contributed by atoms with Crippen molar-refractivity contribution in [3.63, 3.8) is 0 Å². The number of carbonyl (C=O) groups excluding carboxylic acids is 2. The largest absolute Gasteiger partial charge is 0.493 e. The maximum Gasteiger partial charge on any atom is 0.337 e. The summed E-state index contributed by atoms with van der Waals surface area (Å²) in [4.78, 5) is 23.9. The molecule has 170 valence electrons. The lowest BCUT2D eigenvalue weighted by Crippen LogP contribution is -2.09. The molecule has 0 unspecified atom stereocenters. The van der Waals surface area contributed by atoms with Crippen LogP contribution >= 0.6 is 23.2 Å². The van der Waals surface area contributed by atoms with Crippen LogP contribution in [0.1, 0.15) is 21.5 Å². The minimum absolute atomic E-state index is 0.178. The Bertz CT molecular complexity index is 1170. The standard InChI is InChI=1S/C25H21Cl2NO5/c1-31-23-13-16(9-11-22(23)33-15-19-20(26)7-4-8-21(19)27)10-12-24(29)28-18-6-3-5-17(14-18)25(30)32-2/h3-14H,15H2,1-2H3,(H,28,29). The summed E-state index contributed by atoms with van der Waals surface area (Å²) in [5.41, 5.74) is 2.23. The van der Waals surface area contributed by atoms with E-state index >= 15 is 0 Å². The van der Waals surface area contributed by atoms with Crippen molar-refractivity contribution in [2.75, 3.05) is 19.5 Å². The maximum atomic E-state index is 12.3. The molecule has 0 bridgehead atoms. The molecule has 0 heterocycles. The van der Waals surface area contributed by atoms with Gasteiger partial charge in [-0.2, -0.15) is 0 Å². The van der Waals surface area contributed by atoms with E-state index in [1.165, 1.54) is 26.4 Å². The van der Waals surface area contributed by atoms with E-state index in [4.69, 9.17) is 32.7 Å². The van der Waals surface area contributed by atoms with Gasteiger partial charge in [0.15, 0.2) is 11.5 Å². The Morgan fingerprint density at radius 1 is 0.939 bits per heavy atom. The number of methoxy groups -OCH3 is 2. The van der Waals surface area contributed by atoms with Gasteiger partial charge in [0, 0.05) is 27.4 Å². The highest BCUT2D eigenvalue weighted by Gasteiger charge is 2.10. The molecule has 0 saturated carbocycles. The van der Waals surface area contributed by atoms with Crippen molar-refractivity contribution in [3.8, 4) is 11.5 Å². The summed E-state index contributed by atoms with van der Waals surface area (Å²) in [5.74, 6) is 0.166. The van der Waals surface area contributed by atoms with Gasteiger partial charge in [0.2, 0.25) is 5.91 Å². The number of carbonyl (C=O) groups is 2. The summed E-state index contributed by atoms with van der Waals surface area (Å²) >= 11 is 12.4. The lowest BCUT2D eigenvalue weighted by molar-refractivity contribution is -0.111. The number of hydrogen-bond acceptors (Lipinski definition) is 5. The molecule has 0 fully saturated rings. The highest BCUT2D eigenvalue weighted by atomic mass is 35.5. The van der Waals surface area contributed by atoms with Crippen molar-refractivity contribution in [1.29, 1.82) is 0 Å². The zero-order valence-electron chi connectivity index (χ0n) is 17.9. The van der Waals surface area contributed by atoms with E-state index in [1.54, 1.807) is 60.7 Å². The minimum Gasteiger partial charge on any atom is -0.493 e. The van der Waals surface area contributed by atoms with E-state index in [2.05, 4.69) is 10.1 Å². The first-order valence-corrected chi connectivity index (χ1v) is 10.6. The first kappa shape index (κ1) is 24.2. The highest BCUT2D eigenvalue weighted by molar-refractivity contribution is 6.35. The van der Waals surface area contributed by atoms with Crippen LogP contribution in [0.15, 0.2) is 66.7 Å². The number of amides is 1. The third-order valence-electron chi connectivity index (χ3n) is 4.60. The Kier molecular flexibility index (Phi) is 8.35. The fourth-order valence-electron chi connectivity index (χ4n) is 2.92. The second kappa shape index (κ2) is 11.4. The van der Waals surface area contributed by atoms with Crippen LogP contribution in [0.3, 0.4) is 0 Å². The SMILES string of the molecule is COC(=O)c1cccc(NC(=O)C=Cc2ccc(OCc3c(Cl)cccc3Cl)c(OC)c2)c1. The molecule has 0 spiro atoms. The first-order valence-electron chi connectivity index (χ1n) is 9.82. The first-order chi connectivity index (χ1) is 15.9. The van der Waals surface area contributed by atoms with Crippen LogP contribution in [0.25, 0.3) is 6.08 Å². The molecule has 0 aliphatic rings. The fraction of sp³-hybridized carbons (Fsp3) is 0.120. The van der Waals surface area contributed by atoms with Crippen LogP contribution < -0.4 is 14.8 Å². The van der Waals surface area contributed by atoms with Gasteiger partial charge < -0.3 is 19.5 Å². The normalized spacial score (nSPS) is 10.7. The molecule has 3 aromatic rings. The lowest BCUT2D eigenvalue weighted by atomic mass is 10.1. The molecule has 33 heavy (non-hydrogen) atoms. The monoisotopic (exact) mass is 485 g/mol. The summed E-state index contributed by atoms with van der Waals surface area (Å²) in [7, 11) is 2.83. The molecule has 1 amide bonds. The van der Waals surface area contributed by atoms with E-state index in [9.17, 15) is 9.59 Å². The average molecular weight is 486 g/mol. The van der Waals surface area contributed by atoms with Gasteiger partial charge in [-0.3, -0.25) is 4.79 Å². The second-order valence-electron chi connectivity index (χ2n) is 6.79. The number of rotatable bonds is 8. The Morgan fingerprint density at radius 2 is 1.67 bits per heavy atom. The van der Waals surface area contributed by atoms with Crippen molar-refractivity contribution in [2.45, 2.75) is 6.61 Å². The molecule has 6 nitrogen and oxygen atoms in total. The van der Waals surface area contributed by atoms with Gasteiger partial charge in [0.1, 0.15) is 6.61 Å². The molecule has 0 aromatic heterocycles. The smallest absolute Gasteiger partial charge is 0.337 e. The number of esters is 1. The van der Waals surface area contributed by atoms with Gasteiger partial charge in [0.05, 0.1) is 19.8 Å². The number of nitrogens with one attached hydrogen (secondary N) is 1. The van der Waals surface area contributed by atoms with E-state index in [0.717, 1.165) is 5.56 Å². The van der Waals surface area contributed by atoms with Crippen molar-refractivity contribution < 1.29 is 23.8 Å². The van der Waals surface area contributed by atoms with E-state index in [1.807, 2.05) is 0 Å². The van der Waals surface area contributed by atoms with E-state index in [-0.39, 0.29) is 12.5 Å². The topological polar surface area (TPSA) is 73.9 Å². The quantitative estimate of drug-likeness (QED) is 0.311. The minimum atomic E-state index is -0.479. The molecule has 8 heteroatoms. The molecule has 0 aliphatic heterocycles. The number of halogens is 2. The zero-order valence-corrected chi connectivity index (χ0v) is 19.4. The van der Waals surface area contributed by atoms with Crippen LogP contribution in [-0.2, 0) is 16.1 Å². The summed E-state index contributed by atoms with van der Waals surface area (Å²) < 4.78 is 15.9. The van der Waals surface area contributed by atoms with Gasteiger partial charge >= 0.3 is 5.97 Å². The molecular formula is C25H21Cl2NO5. The molecule has 3 aromatic carbocycles. The van der Waals surface area contributed by atoms with Gasteiger partial charge in [-0.25, -0.2) is 4.79 Å². The maximum absolute atomic E-state index is 12.3. The van der Waals surface area contributed by atoms with Crippen molar-refractivity contribution in [1.82, 2.24) is 0 Å². The van der Waals surface area contributed by atoms with Crippen LogP contribution in [-0.4, -0.2) is 26.1 Å². The van der Waals surface area contributed by atoms with E-state index < -0.39 is 5.97 Å². The Hall–Kier alpha value is -3.48. The average Bonchev–Trinajstić information content (AvgIpc) is 2.82. The fourth-order valence-corrected chi connectivity index (χ4v) is 3.43. The Labute approximate surface area is 201 Å². The van der Waals surface area contributed by atoms with Crippen molar-refractivity contribution >= 4 is 46.8 Å². The molecule has 1 N–H and O–H groups in total. The third kappa shape index (κ3) is 6.51. The highest BCUT2D eigenvalue weighted by Crippen LogP contribution is 2.31. The van der Waals surface area contributed by atoms with Crippen molar-refractivity contribution in [3.05, 3.63) is 93.5 Å². The molecular weight excluding hydrogens is 465 g/mol. The van der Waals surface area contributed by atoms with Crippen LogP contribution in [0, 0.1) is 0 Å². The van der Waals surface area contributed by atoms with Gasteiger partial charge in [0.25, 0.3) is 0 Å². The van der Waals surface area contributed by atoms with Crippen LogP contribution in [0.4, 0.5) is 5.69 Å². The Morgan fingerprint density at radius 3 is 2.36 bits per heavy atom. The number of hydrogen-bond donors (Lipinski definition) is 1. The molecule has 3 rings (SSSR count).